The molecule has 0 unspecified atom stereocenters. The van der Waals surface area contributed by atoms with Gasteiger partial charge in [0.05, 0.1) is 11.8 Å². The Morgan fingerprint density at radius 2 is 2.25 bits per heavy atom. The predicted molar refractivity (Wildman–Crippen MR) is 16.2 cm³/mol. The van der Waals surface area contributed by atoms with Gasteiger partial charge in [-0.25, -0.2) is 0 Å². The van der Waals surface area contributed by atoms with Gasteiger partial charge >= 0.3 is 0 Å². The molecule has 2 nitrogen and oxygen atoms in total. The molecule has 0 aromatic heterocycles. The van der Waals surface area contributed by atoms with E-state index in [1.165, 1.54) is 0 Å². The van der Waals surface area contributed by atoms with Gasteiger partial charge in [0.1, 0.15) is 0 Å². The third kappa shape index (κ3) is 1.16. The highest BCUT2D eigenvalue weighted by Gasteiger charge is 1.31. The molecule has 0 fully saturated rings. The van der Waals surface area contributed by atoms with Crippen molar-refractivity contribution in [2.45, 2.75) is 0 Å². The van der Waals surface area contributed by atoms with Gasteiger partial charge in [0.25, 0.3) is 0 Å². The quantitative estimate of drug-likeness (QED) is 0.218. The summed E-state index contributed by atoms with van der Waals surface area (Å²) in [5.74, 6) is 0. The van der Waals surface area contributed by atoms with Crippen molar-refractivity contribution in [1.29, 1.82) is 0 Å². The molecule has 0 aliphatic heterocycles. The van der Waals surface area contributed by atoms with E-state index >= 15 is 0 Å². The Labute approximate surface area is 24.6 Å². The molecular formula is C2H2N2. The van der Waals surface area contributed by atoms with Crippen molar-refractivity contribution in [2.75, 3.05) is 0 Å². The average molecular weight is 54.1 g/mol. The SMILES string of the molecule is [C-]#[N+]N=C. The molecule has 2 heteroatoms. The molecule has 0 aliphatic rings. The minimum absolute atomic E-state index is 2.50. The van der Waals surface area contributed by atoms with E-state index in [1.807, 2.05) is 0 Å². The lowest BCUT2D eigenvalue weighted by Gasteiger charge is -1.35. The van der Waals surface area contributed by atoms with E-state index in [1.54, 1.807) is 0 Å². The van der Waals surface area contributed by atoms with Crippen molar-refractivity contribution < 1.29 is 0 Å². The van der Waals surface area contributed by atoms with Crippen LogP contribution < -0.4 is 0 Å². The molecule has 20 valence electrons. The van der Waals surface area contributed by atoms with Crippen molar-refractivity contribution in [1.82, 2.24) is 0 Å². The zero-order valence-corrected chi connectivity index (χ0v) is 2.10. The zero-order chi connectivity index (χ0) is 3.41. The van der Waals surface area contributed by atoms with Gasteiger partial charge in [0.2, 0.25) is 0 Å². The lowest BCUT2D eigenvalue weighted by atomic mass is 11.7. The van der Waals surface area contributed by atoms with E-state index in [9.17, 15) is 0 Å². The lowest BCUT2D eigenvalue weighted by Crippen LogP contribution is -1.19. The smallest absolute Gasteiger partial charge is 0.0735 e. The van der Waals surface area contributed by atoms with E-state index in [0.717, 1.165) is 0 Å². The first-order valence-corrected chi connectivity index (χ1v) is 0.740. The third-order valence-corrected chi connectivity index (χ3v) is 0.0707. The highest BCUT2D eigenvalue weighted by molar-refractivity contribution is 5.23. The number of hydrogen-bond acceptors (Lipinski definition) is 1. The van der Waals surface area contributed by atoms with Crippen LogP contribution >= 0.6 is 0 Å². The van der Waals surface area contributed by atoms with Crippen LogP contribution in [-0.2, 0) is 0 Å². The Bertz CT molecular complexity index is 49.5. The highest BCUT2D eigenvalue weighted by Crippen LogP contribution is 1.50. The second-order valence-corrected chi connectivity index (χ2v) is 0.241. The van der Waals surface area contributed by atoms with Crippen LogP contribution in [0.2, 0.25) is 0 Å². The second kappa shape index (κ2) is 2.16. The van der Waals surface area contributed by atoms with Crippen molar-refractivity contribution in [2.24, 2.45) is 5.10 Å². The molecule has 0 radical (unpaired) electrons. The Morgan fingerprint density at radius 1 is 2.00 bits per heavy atom. The summed E-state index contributed by atoms with van der Waals surface area (Å²) in [6, 6.07) is 0. The van der Waals surface area contributed by atoms with E-state index in [0.29, 0.717) is 0 Å². The number of hydrogen-bond donors (Lipinski definition) is 0. The summed E-state index contributed by atoms with van der Waals surface area (Å²) in [6.07, 6.45) is 0. The van der Waals surface area contributed by atoms with Gasteiger partial charge in [-0.1, -0.05) is 0 Å². The summed E-state index contributed by atoms with van der Waals surface area (Å²) in [6.45, 7) is 8.72. The molecule has 0 aliphatic carbocycles. The van der Waals surface area contributed by atoms with Gasteiger partial charge < -0.3 is 0 Å². The summed E-state index contributed by atoms with van der Waals surface area (Å²) < 4.78 is 0. The van der Waals surface area contributed by atoms with E-state index in [2.05, 4.69) is 16.8 Å². The normalized spacial score (nSPS) is 3.75. The Balaban J connectivity index is 2.92. The fourth-order valence-electron chi connectivity index (χ4n) is 0. The molecule has 0 rings (SSSR count). The van der Waals surface area contributed by atoms with E-state index < -0.39 is 0 Å². The van der Waals surface area contributed by atoms with Gasteiger partial charge in [0.15, 0.2) is 0 Å². The molecule has 0 saturated heterocycles. The minimum atomic E-state index is 2.50. The van der Waals surface area contributed by atoms with Crippen LogP contribution in [-0.4, -0.2) is 6.72 Å². The molecule has 0 heterocycles. The Hall–Kier alpha value is -0.840. The average Bonchev–Trinajstić information content (AvgIpc) is 1.37. The molecule has 0 bridgehead atoms. The first kappa shape index (κ1) is 3.16. The Morgan fingerprint density at radius 3 is 2.25 bits per heavy atom. The van der Waals surface area contributed by atoms with Crippen LogP contribution in [0.3, 0.4) is 0 Å². The third-order valence-electron chi connectivity index (χ3n) is 0.0707. The van der Waals surface area contributed by atoms with Gasteiger partial charge in [-0.2, -0.15) is 6.57 Å². The molecule has 0 saturated carbocycles. The van der Waals surface area contributed by atoms with Gasteiger partial charge in [0, 0.05) is 0 Å². The van der Waals surface area contributed by atoms with Crippen LogP contribution in [0.15, 0.2) is 5.10 Å². The van der Waals surface area contributed by atoms with Crippen LogP contribution in [0.25, 0.3) is 4.95 Å². The molecule has 0 N–H and O–H groups in total. The Kier molecular flexibility index (Phi) is 1.71. The first-order chi connectivity index (χ1) is 1.91. The highest BCUT2D eigenvalue weighted by atomic mass is 15.1. The van der Waals surface area contributed by atoms with Crippen LogP contribution in [0.5, 0.6) is 0 Å². The zero-order valence-electron chi connectivity index (χ0n) is 2.10. The molecule has 0 aromatic rings. The number of nitrogens with zero attached hydrogens (tertiary/aromatic N) is 2. The van der Waals surface area contributed by atoms with Crippen LogP contribution in [0.1, 0.15) is 0 Å². The summed E-state index contributed by atoms with van der Waals surface area (Å²) >= 11 is 0. The second-order valence-electron chi connectivity index (χ2n) is 0.241. The van der Waals surface area contributed by atoms with Gasteiger partial charge in [-0.3, -0.25) is 0 Å². The molecule has 0 spiro atoms. The van der Waals surface area contributed by atoms with Crippen molar-refractivity contribution >= 4 is 6.72 Å². The van der Waals surface area contributed by atoms with E-state index in [4.69, 9.17) is 6.57 Å². The first-order valence-electron chi connectivity index (χ1n) is 0.740. The maximum Gasteiger partial charge on any atom is 0.0735 e. The summed E-state index contributed by atoms with van der Waals surface area (Å²) in [4.78, 5) is 2.50. The lowest BCUT2D eigenvalue weighted by molar-refractivity contribution is 1.63. The van der Waals surface area contributed by atoms with Crippen molar-refractivity contribution in [3.05, 3.63) is 11.5 Å². The number of rotatable bonds is 0. The summed E-state index contributed by atoms with van der Waals surface area (Å²) in [5.41, 5.74) is 0. The largest absolute Gasteiger partial charge is 0.181 e. The monoisotopic (exact) mass is 54.0 g/mol. The van der Waals surface area contributed by atoms with Crippen LogP contribution in [0.4, 0.5) is 0 Å². The summed E-state index contributed by atoms with van der Waals surface area (Å²) in [7, 11) is 0. The van der Waals surface area contributed by atoms with Crippen molar-refractivity contribution in [3.63, 3.8) is 0 Å². The van der Waals surface area contributed by atoms with Gasteiger partial charge in [-0.15, -0.1) is 4.95 Å². The molecule has 0 amide bonds. The molecule has 4 heavy (non-hydrogen) atoms. The maximum atomic E-state index is 5.85. The molecule has 0 aromatic carbocycles. The fourth-order valence-corrected chi connectivity index (χ4v) is 0. The van der Waals surface area contributed by atoms with Crippen LogP contribution in [0, 0.1) is 6.57 Å². The fraction of sp³-hybridized carbons (Fsp3) is 0. The molecular weight excluding hydrogens is 52.0 g/mol. The summed E-state index contributed by atoms with van der Waals surface area (Å²) in [5, 5.41) is 2.78. The minimum Gasteiger partial charge on any atom is -0.181 e. The standard InChI is InChI=1S/C2H2N2/c1-3-4-2/h1H2. The topological polar surface area (TPSA) is 16.7 Å². The maximum absolute atomic E-state index is 5.85. The van der Waals surface area contributed by atoms with Gasteiger partial charge in [-0.05, 0) is 0 Å². The molecule has 0 atom stereocenters. The van der Waals surface area contributed by atoms with E-state index in [-0.39, 0.29) is 0 Å². The predicted octanol–water partition coefficient (Wildman–Crippen LogP) is 0.521. The van der Waals surface area contributed by atoms with Crippen molar-refractivity contribution in [3.8, 4) is 0 Å².